The zero-order valence-corrected chi connectivity index (χ0v) is 10.8. The molecule has 1 heterocycles. The first-order chi connectivity index (χ1) is 8.65. The van der Waals surface area contributed by atoms with Gasteiger partial charge in [0.15, 0.2) is 0 Å². The summed E-state index contributed by atoms with van der Waals surface area (Å²) in [5.74, 6) is 1.15. The molecule has 0 N–H and O–H groups in total. The molecule has 0 unspecified atom stereocenters. The Kier molecular flexibility index (Phi) is 3.60. The molecule has 0 aliphatic carbocycles. The van der Waals surface area contributed by atoms with Crippen molar-refractivity contribution in [2.75, 3.05) is 25.0 Å². The molecular weight excluding hydrogens is 230 g/mol. The summed E-state index contributed by atoms with van der Waals surface area (Å²) in [6.45, 7) is 3.94. The minimum Gasteiger partial charge on any atom is -0.268 e. The van der Waals surface area contributed by atoms with Gasteiger partial charge in [-0.3, -0.25) is 14.7 Å². The lowest BCUT2D eigenvalue weighted by molar-refractivity contribution is -0.503. The van der Waals surface area contributed by atoms with E-state index in [-0.39, 0.29) is 10.6 Å². The second-order valence-corrected chi connectivity index (χ2v) is 4.44. The van der Waals surface area contributed by atoms with Gasteiger partial charge >= 0.3 is 5.69 Å². The van der Waals surface area contributed by atoms with Gasteiger partial charge < -0.3 is 0 Å². The Morgan fingerprint density at radius 3 is 2.83 bits per heavy atom. The van der Waals surface area contributed by atoms with Crippen LogP contribution in [-0.2, 0) is 0 Å². The molecule has 5 nitrogen and oxygen atoms in total. The van der Waals surface area contributed by atoms with Gasteiger partial charge in [0.25, 0.3) is 5.84 Å². The summed E-state index contributed by atoms with van der Waals surface area (Å²) in [5, 5.41) is 11.1. The van der Waals surface area contributed by atoms with Crippen LogP contribution in [0.5, 0.6) is 0 Å². The van der Waals surface area contributed by atoms with E-state index in [1.54, 1.807) is 12.1 Å². The SMILES string of the molecule is CCC1=[N+](C)CCCN1c1ccccc1[N+](=O)[O-]. The third kappa shape index (κ3) is 2.20. The smallest absolute Gasteiger partial charge is 0.268 e. The van der Waals surface area contributed by atoms with Crippen LogP contribution in [0.3, 0.4) is 0 Å². The number of hydrogen-bond donors (Lipinski definition) is 0. The fourth-order valence-electron chi connectivity index (χ4n) is 2.50. The minimum atomic E-state index is -0.308. The van der Waals surface area contributed by atoms with Crippen LogP contribution >= 0.6 is 0 Å². The number of nitrogens with zero attached hydrogens (tertiary/aromatic N) is 3. The normalized spacial score (nSPS) is 16.0. The van der Waals surface area contributed by atoms with E-state index in [4.69, 9.17) is 0 Å². The maximum absolute atomic E-state index is 11.1. The first kappa shape index (κ1) is 12.5. The zero-order valence-electron chi connectivity index (χ0n) is 10.8. The molecule has 0 radical (unpaired) electrons. The van der Waals surface area contributed by atoms with Gasteiger partial charge in [-0.25, -0.2) is 4.90 Å². The highest BCUT2D eigenvalue weighted by Crippen LogP contribution is 2.29. The Morgan fingerprint density at radius 1 is 1.44 bits per heavy atom. The van der Waals surface area contributed by atoms with Crippen LogP contribution in [-0.4, -0.2) is 35.5 Å². The number of rotatable bonds is 3. The highest BCUT2D eigenvalue weighted by Gasteiger charge is 2.31. The molecule has 0 bridgehead atoms. The summed E-state index contributed by atoms with van der Waals surface area (Å²) in [6, 6.07) is 6.95. The number of anilines is 1. The number of nitro groups is 1. The van der Waals surface area contributed by atoms with Gasteiger partial charge in [-0.1, -0.05) is 19.1 Å². The van der Waals surface area contributed by atoms with Gasteiger partial charge in [0.1, 0.15) is 0 Å². The molecule has 1 aromatic rings. The van der Waals surface area contributed by atoms with Gasteiger partial charge in [-0.05, 0) is 6.07 Å². The number of nitro benzene ring substituents is 1. The molecule has 0 spiro atoms. The first-order valence-electron chi connectivity index (χ1n) is 6.23. The summed E-state index contributed by atoms with van der Waals surface area (Å²) in [6.07, 6.45) is 1.90. The standard InChI is InChI=1S/C13H18N3O2/c1-3-13-14(2)9-6-10-15(13)11-7-4-5-8-12(11)16(17)18/h4-5,7-8H,3,6,9-10H2,1-2H3/q+1. The van der Waals surface area contributed by atoms with Gasteiger partial charge in [-0.2, -0.15) is 0 Å². The van der Waals surface area contributed by atoms with E-state index in [0.29, 0.717) is 5.69 Å². The fraction of sp³-hybridized carbons (Fsp3) is 0.462. The van der Waals surface area contributed by atoms with E-state index in [9.17, 15) is 10.1 Å². The van der Waals surface area contributed by atoms with Crippen LogP contribution < -0.4 is 4.90 Å². The Balaban J connectivity index is 2.48. The number of hydrogen-bond acceptors (Lipinski definition) is 3. The van der Waals surface area contributed by atoms with Gasteiger partial charge in [0.05, 0.1) is 25.1 Å². The molecule has 5 heteroatoms. The van der Waals surface area contributed by atoms with Gasteiger partial charge in [-0.15, -0.1) is 0 Å². The summed E-state index contributed by atoms with van der Waals surface area (Å²) < 4.78 is 2.18. The summed E-state index contributed by atoms with van der Waals surface area (Å²) in [7, 11) is 2.04. The molecule has 2 rings (SSSR count). The van der Waals surface area contributed by atoms with E-state index >= 15 is 0 Å². The van der Waals surface area contributed by atoms with Crippen LogP contribution in [0, 0.1) is 10.1 Å². The molecule has 1 aromatic carbocycles. The summed E-state index contributed by atoms with van der Waals surface area (Å²) in [4.78, 5) is 12.9. The van der Waals surface area contributed by atoms with Crippen molar-refractivity contribution < 1.29 is 9.50 Å². The molecule has 96 valence electrons. The molecule has 0 saturated carbocycles. The molecule has 0 atom stereocenters. The molecule has 0 aromatic heterocycles. The van der Waals surface area contributed by atoms with E-state index in [1.807, 2.05) is 19.2 Å². The average Bonchev–Trinajstić information content (AvgIpc) is 2.38. The van der Waals surface area contributed by atoms with Crippen LogP contribution in [0.15, 0.2) is 24.3 Å². The van der Waals surface area contributed by atoms with Crippen molar-refractivity contribution in [1.82, 2.24) is 0 Å². The molecule has 1 aliphatic heterocycles. The Hall–Kier alpha value is -1.91. The summed E-state index contributed by atoms with van der Waals surface area (Å²) in [5.41, 5.74) is 0.879. The fourth-order valence-corrected chi connectivity index (χ4v) is 2.50. The Bertz CT molecular complexity index is 497. The number of benzene rings is 1. The molecule has 1 aliphatic rings. The lowest BCUT2D eigenvalue weighted by Gasteiger charge is -2.24. The Labute approximate surface area is 106 Å². The van der Waals surface area contributed by atoms with Crippen molar-refractivity contribution in [2.24, 2.45) is 0 Å². The van der Waals surface area contributed by atoms with Crippen molar-refractivity contribution in [2.45, 2.75) is 19.8 Å². The predicted molar refractivity (Wildman–Crippen MR) is 71.4 cm³/mol. The lowest BCUT2D eigenvalue weighted by atomic mass is 10.2. The monoisotopic (exact) mass is 248 g/mol. The molecule has 0 amide bonds. The van der Waals surface area contributed by atoms with Gasteiger partial charge in [0, 0.05) is 18.9 Å². The maximum Gasteiger partial charge on any atom is 0.315 e. The van der Waals surface area contributed by atoms with Crippen LogP contribution in [0.4, 0.5) is 11.4 Å². The topological polar surface area (TPSA) is 49.4 Å². The predicted octanol–water partition coefficient (Wildman–Crippen LogP) is 2.26. The van der Waals surface area contributed by atoms with E-state index in [0.717, 1.165) is 31.8 Å². The number of amidine groups is 1. The highest BCUT2D eigenvalue weighted by atomic mass is 16.6. The van der Waals surface area contributed by atoms with E-state index in [1.165, 1.54) is 0 Å². The third-order valence-corrected chi connectivity index (χ3v) is 3.31. The van der Waals surface area contributed by atoms with E-state index < -0.39 is 0 Å². The van der Waals surface area contributed by atoms with Crippen molar-refractivity contribution >= 4 is 17.2 Å². The van der Waals surface area contributed by atoms with Crippen LogP contribution in [0.25, 0.3) is 0 Å². The average molecular weight is 248 g/mol. The van der Waals surface area contributed by atoms with Crippen LogP contribution in [0.2, 0.25) is 0 Å². The largest absolute Gasteiger partial charge is 0.315 e. The van der Waals surface area contributed by atoms with Crippen molar-refractivity contribution in [1.29, 1.82) is 0 Å². The molecule has 0 fully saturated rings. The number of para-hydroxylation sites is 2. The quantitative estimate of drug-likeness (QED) is 0.468. The molecular formula is C13H18N3O2+. The third-order valence-electron chi connectivity index (χ3n) is 3.31. The second kappa shape index (κ2) is 5.16. The zero-order chi connectivity index (χ0) is 13.1. The second-order valence-electron chi connectivity index (χ2n) is 4.44. The van der Waals surface area contributed by atoms with Gasteiger partial charge in [0.2, 0.25) is 5.69 Å². The highest BCUT2D eigenvalue weighted by molar-refractivity contribution is 5.96. The summed E-state index contributed by atoms with van der Waals surface area (Å²) >= 11 is 0. The minimum absolute atomic E-state index is 0.179. The van der Waals surface area contributed by atoms with Crippen molar-refractivity contribution in [3.8, 4) is 0 Å². The van der Waals surface area contributed by atoms with Crippen molar-refractivity contribution in [3.05, 3.63) is 34.4 Å². The van der Waals surface area contributed by atoms with Crippen LogP contribution in [0.1, 0.15) is 19.8 Å². The van der Waals surface area contributed by atoms with Crippen molar-refractivity contribution in [3.63, 3.8) is 0 Å². The van der Waals surface area contributed by atoms with E-state index in [2.05, 4.69) is 16.4 Å². The maximum atomic E-state index is 11.1. The first-order valence-corrected chi connectivity index (χ1v) is 6.23. The molecule has 18 heavy (non-hydrogen) atoms. The Morgan fingerprint density at radius 2 is 2.17 bits per heavy atom. The molecule has 0 saturated heterocycles. The lowest BCUT2D eigenvalue weighted by Crippen LogP contribution is -2.43.